The molecular weight excluding hydrogens is 348 g/mol. The van der Waals surface area contributed by atoms with Crippen molar-refractivity contribution in [3.8, 4) is 11.8 Å². The van der Waals surface area contributed by atoms with Crippen LogP contribution in [0.1, 0.15) is 23.6 Å². The average molecular weight is 366 g/mol. The lowest BCUT2D eigenvalue weighted by Crippen LogP contribution is -2.21. The lowest BCUT2D eigenvalue weighted by Gasteiger charge is -2.24. The standard InChI is InChI=1S/C24H18N2O2/c1-24(19-10-6-3-7-11-19,15-14-18-8-4-2-5-9-18)22-17-25-23-13-12-20(26(27)28)16-21(22)23/h2-13,16-17,25H,1H3. The van der Waals surface area contributed by atoms with Gasteiger partial charge in [-0.1, -0.05) is 60.4 Å². The topological polar surface area (TPSA) is 58.9 Å². The van der Waals surface area contributed by atoms with Crippen LogP contribution in [0.2, 0.25) is 0 Å². The molecule has 4 heteroatoms. The largest absolute Gasteiger partial charge is 0.361 e. The third-order valence-corrected chi connectivity index (χ3v) is 5.00. The smallest absolute Gasteiger partial charge is 0.270 e. The number of aromatic nitrogens is 1. The number of H-pyrrole nitrogens is 1. The summed E-state index contributed by atoms with van der Waals surface area (Å²) in [7, 11) is 0. The Morgan fingerprint density at radius 1 is 0.964 bits per heavy atom. The number of hydrogen-bond donors (Lipinski definition) is 1. The van der Waals surface area contributed by atoms with Gasteiger partial charge in [-0.2, -0.15) is 0 Å². The van der Waals surface area contributed by atoms with E-state index in [9.17, 15) is 10.1 Å². The summed E-state index contributed by atoms with van der Waals surface area (Å²) in [6.07, 6.45) is 1.90. The molecule has 1 aromatic heterocycles. The fourth-order valence-corrected chi connectivity index (χ4v) is 3.42. The summed E-state index contributed by atoms with van der Waals surface area (Å²) in [5.74, 6) is 6.71. The van der Waals surface area contributed by atoms with Crippen molar-refractivity contribution in [2.45, 2.75) is 12.3 Å². The molecule has 1 atom stereocenters. The zero-order valence-corrected chi connectivity index (χ0v) is 15.3. The van der Waals surface area contributed by atoms with Crippen LogP contribution < -0.4 is 0 Å². The van der Waals surface area contributed by atoms with Crippen LogP contribution in [-0.2, 0) is 5.41 Å². The average Bonchev–Trinajstić information content (AvgIpc) is 3.17. The molecule has 4 aromatic rings. The second-order valence-electron chi connectivity index (χ2n) is 6.80. The lowest BCUT2D eigenvalue weighted by atomic mass is 9.76. The van der Waals surface area contributed by atoms with Crippen LogP contribution in [0.5, 0.6) is 0 Å². The van der Waals surface area contributed by atoms with Crippen LogP contribution in [0, 0.1) is 22.0 Å². The number of nitro groups is 1. The number of rotatable bonds is 3. The first-order valence-corrected chi connectivity index (χ1v) is 8.98. The SMILES string of the molecule is CC(C#Cc1ccccc1)(c1ccccc1)c1c[nH]c2ccc([N+](=O)[O-])cc12. The van der Waals surface area contributed by atoms with Crippen molar-refractivity contribution in [2.75, 3.05) is 0 Å². The molecule has 136 valence electrons. The van der Waals surface area contributed by atoms with Gasteiger partial charge in [-0.25, -0.2) is 0 Å². The summed E-state index contributed by atoms with van der Waals surface area (Å²) >= 11 is 0. The van der Waals surface area contributed by atoms with Gasteiger partial charge in [-0.15, -0.1) is 0 Å². The highest BCUT2D eigenvalue weighted by Gasteiger charge is 2.30. The fourth-order valence-electron chi connectivity index (χ4n) is 3.42. The van der Waals surface area contributed by atoms with Crippen molar-refractivity contribution >= 4 is 16.6 Å². The molecule has 0 aliphatic rings. The Kier molecular flexibility index (Phi) is 4.42. The van der Waals surface area contributed by atoms with Gasteiger partial charge in [0.25, 0.3) is 5.69 Å². The maximum absolute atomic E-state index is 11.3. The molecule has 1 heterocycles. The molecule has 3 aromatic carbocycles. The van der Waals surface area contributed by atoms with E-state index in [0.717, 1.165) is 27.6 Å². The fraction of sp³-hybridized carbons (Fsp3) is 0.0833. The van der Waals surface area contributed by atoms with E-state index < -0.39 is 5.41 Å². The molecule has 0 radical (unpaired) electrons. The van der Waals surface area contributed by atoms with Crippen LogP contribution in [-0.4, -0.2) is 9.91 Å². The number of hydrogen-bond acceptors (Lipinski definition) is 2. The minimum atomic E-state index is -0.634. The van der Waals surface area contributed by atoms with E-state index in [-0.39, 0.29) is 10.6 Å². The molecule has 1 N–H and O–H groups in total. The minimum Gasteiger partial charge on any atom is -0.361 e. The van der Waals surface area contributed by atoms with Crippen LogP contribution in [0.3, 0.4) is 0 Å². The van der Waals surface area contributed by atoms with Crippen LogP contribution in [0.15, 0.2) is 85.1 Å². The van der Waals surface area contributed by atoms with Crippen molar-refractivity contribution < 1.29 is 4.92 Å². The second kappa shape index (κ2) is 7.05. The van der Waals surface area contributed by atoms with Gasteiger partial charge in [0.05, 0.1) is 10.3 Å². The number of non-ortho nitro benzene ring substituents is 1. The molecule has 0 aliphatic heterocycles. The quantitative estimate of drug-likeness (QED) is 0.298. The Hall–Kier alpha value is -3.84. The predicted molar refractivity (Wildman–Crippen MR) is 111 cm³/mol. The first-order chi connectivity index (χ1) is 13.6. The second-order valence-corrected chi connectivity index (χ2v) is 6.80. The highest BCUT2D eigenvalue weighted by atomic mass is 16.6. The molecule has 0 aliphatic carbocycles. The Morgan fingerprint density at radius 3 is 2.32 bits per heavy atom. The highest BCUT2D eigenvalue weighted by molar-refractivity contribution is 5.87. The van der Waals surface area contributed by atoms with Crippen molar-refractivity contribution in [3.63, 3.8) is 0 Å². The van der Waals surface area contributed by atoms with Gasteiger partial charge >= 0.3 is 0 Å². The van der Waals surface area contributed by atoms with Crippen molar-refractivity contribution in [1.82, 2.24) is 4.98 Å². The van der Waals surface area contributed by atoms with E-state index in [2.05, 4.69) is 23.7 Å². The number of nitro benzene ring substituents is 1. The van der Waals surface area contributed by atoms with Crippen molar-refractivity contribution in [3.05, 3.63) is 112 Å². The van der Waals surface area contributed by atoms with Crippen LogP contribution in [0.25, 0.3) is 10.9 Å². The minimum absolute atomic E-state index is 0.0692. The Bertz CT molecular complexity index is 1200. The number of nitrogens with zero attached hydrogens (tertiary/aromatic N) is 1. The van der Waals surface area contributed by atoms with E-state index in [0.29, 0.717) is 0 Å². The summed E-state index contributed by atoms with van der Waals surface area (Å²) in [6.45, 7) is 2.06. The predicted octanol–water partition coefficient (Wildman–Crippen LogP) is 5.43. The third kappa shape index (κ3) is 3.15. The Labute approximate surface area is 163 Å². The summed E-state index contributed by atoms with van der Waals surface area (Å²) < 4.78 is 0. The van der Waals surface area contributed by atoms with E-state index in [1.807, 2.05) is 66.9 Å². The summed E-state index contributed by atoms with van der Waals surface area (Å²) in [6, 6.07) is 24.7. The molecule has 0 fully saturated rings. The number of nitrogens with one attached hydrogen (secondary N) is 1. The van der Waals surface area contributed by atoms with Gasteiger partial charge in [0, 0.05) is 34.8 Å². The van der Waals surface area contributed by atoms with Gasteiger partial charge in [-0.3, -0.25) is 10.1 Å². The van der Waals surface area contributed by atoms with Gasteiger partial charge < -0.3 is 4.98 Å². The normalized spacial score (nSPS) is 12.8. The monoisotopic (exact) mass is 366 g/mol. The third-order valence-electron chi connectivity index (χ3n) is 5.00. The first-order valence-electron chi connectivity index (χ1n) is 8.98. The maximum Gasteiger partial charge on any atom is 0.270 e. The molecule has 28 heavy (non-hydrogen) atoms. The lowest BCUT2D eigenvalue weighted by molar-refractivity contribution is -0.384. The molecule has 0 saturated heterocycles. The first kappa shape index (κ1) is 17.6. The maximum atomic E-state index is 11.3. The van der Waals surface area contributed by atoms with Gasteiger partial charge in [0.1, 0.15) is 0 Å². The van der Waals surface area contributed by atoms with Gasteiger partial charge in [0.15, 0.2) is 0 Å². The Morgan fingerprint density at radius 2 is 1.64 bits per heavy atom. The zero-order valence-electron chi connectivity index (χ0n) is 15.3. The zero-order chi connectivity index (χ0) is 19.6. The molecule has 1 unspecified atom stereocenters. The van der Waals surface area contributed by atoms with Gasteiger partial charge in [-0.05, 0) is 36.2 Å². The molecule has 0 bridgehead atoms. The highest BCUT2D eigenvalue weighted by Crippen LogP contribution is 2.37. The summed E-state index contributed by atoms with van der Waals surface area (Å²) in [4.78, 5) is 14.1. The van der Waals surface area contributed by atoms with Crippen LogP contribution >= 0.6 is 0 Å². The molecular formula is C24H18N2O2. The summed E-state index contributed by atoms with van der Waals surface area (Å²) in [5, 5.41) is 12.1. The Balaban J connectivity index is 1.94. The molecule has 0 spiro atoms. The van der Waals surface area contributed by atoms with Crippen molar-refractivity contribution in [1.29, 1.82) is 0 Å². The van der Waals surface area contributed by atoms with E-state index >= 15 is 0 Å². The number of aromatic amines is 1. The molecule has 0 amide bonds. The van der Waals surface area contributed by atoms with Crippen molar-refractivity contribution in [2.24, 2.45) is 0 Å². The number of benzene rings is 3. The molecule has 0 saturated carbocycles. The summed E-state index contributed by atoms with van der Waals surface area (Å²) in [5.41, 5.74) is 3.16. The van der Waals surface area contributed by atoms with Crippen LogP contribution in [0.4, 0.5) is 5.69 Å². The van der Waals surface area contributed by atoms with E-state index in [1.54, 1.807) is 12.1 Å². The molecule has 4 rings (SSSR count). The van der Waals surface area contributed by atoms with E-state index in [4.69, 9.17) is 0 Å². The molecule has 4 nitrogen and oxygen atoms in total. The number of fused-ring (bicyclic) bond motifs is 1. The van der Waals surface area contributed by atoms with E-state index in [1.165, 1.54) is 6.07 Å². The van der Waals surface area contributed by atoms with Gasteiger partial charge in [0.2, 0.25) is 0 Å².